The molecule has 0 aliphatic heterocycles. The van der Waals surface area contributed by atoms with E-state index in [-0.39, 0.29) is 39.4 Å². The standard InChI is InChI=1S/C31H42FNO10P2S/c1-7-38-44(35,39-8-2)42-21-25(43-45(36,40-9-3)41-10-4)20-33-31(34)19-29-22(5)28(27-16-13-24(32)18-30(27)29)17-23-11-14-26(15-12-23)46(6)37/h11-18,25H,7-10,19-21H2,1-6H3,(H,33,34)/b28-17-. The van der Waals surface area contributed by atoms with Crippen molar-refractivity contribution in [2.45, 2.75) is 52.0 Å². The molecule has 3 rings (SSSR count). The molecular formula is C31H42FNO10P2S. The third-order valence-corrected chi connectivity index (χ3v) is 10.9. The average Bonchev–Trinajstić information content (AvgIpc) is 3.24. The van der Waals surface area contributed by atoms with Crippen molar-refractivity contribution in [1.82, 2.24) is 5.32 Å². The summed E-state index contributed by atoms with van der Waals surface area (Å²) in [4.78, 5) is 14.0. The maximum atomic E-state index is 14.4. The average molecular weight is 702 g/mol. The number of fused-ring (bicyclic) bond motifs is 1. The number of carbonyl (C=O) groups excluding carboxylic acids is 1. The molecule has 11 nitrogen and oxygen atoms in total. The highest BCUT2D eigenvalue weighted by molar-refractivity contribution is 7.90. The van der Waals surface area contributed by atoms with Crippen LogP contribution >= 0.6 is 15.6 Å². The van der Waals surface area contributed by atoms with E-state index < -0.39 is 51.3 Å². The Morgan fingerprint density at radius 2 is 1.50 bits per heavy atom. The molecule has 254 valence electrons. The first-order chi connectivity index (χ1) is 21.9. The molecule has 1 N–H and O–H groups in total. The first-order valence-corrected chi connectivity index (χ1v) is 19.4. The van der Waals surface area contributed by atoms with Crippen LogP contribution in [-0.4, -0.2) is 62.4 Å². The Morgan fingerprint density at radius 1 is 0.913 bits per heavy atom. The number of allylic oxidation sites excluding steroid dienone is 2. The number of phosphoric acid groups is 2. The summed E-state index contributed by atoms with van der Waals surface area (Å²) in [5.41, 5.74) is 4.47. The van der Waals surface area contributed by atoms with Crippen molar-refractivity contribution < 1.29 is 50.0 Å². The number of benzene rings is 2. The molecule has 2 unspecified atom stereocenters. The van der Waals surface area contributed by atoms with Crippen LogP contribution in [0, 0.1) is 5.82 Å². The summed E-state index contributed by atoms with van der Waals surface area (Å²) >= 11 is -1.11. The summed E-state index contributed by atoms with van der Waals surface area (Å²) in [7, 11) is -8.03. The second-order valence-corrected chi connectivity index (χ2v) is 14.6. The van der Waals surface area contributed by atoms with Crippen molar-refractivity contribution >= 4 is 50.0 Å². The number of halogens is 1. The third kappa shape index (κ3) is 10.7. The first-order valence-electron chi connectivity index (χ1n) is 14.9. The zero-order valence-corrected chi connectivity index (χ0v) is 29.5. The molecule has 0 radical (unpaired) electrons. The predicted molar refractivity (Wildman–Crippen MR) is 176 cm³/mol. The minimum absolute atomic E-state index is 0.0229. The van der Waals surface area contributed by atoms with E-state index in [4.69, 9.17) is 27.1 Å². The smallest absolute Gasteiger partial charge is 0.475 e. The van der Waals surface area contributed by atoms with Crippen LogP contribution in [0.3, 0.4) is 0 Å². The largest absolute Gasteiger partial charge is 0.612 e. The van der Waals surface area contributed by atoms with Crippen molar-refractivity contribution in [3.05, 3.63) is 70.5 Å². The third-order valence-electron chi connectivity index (χ3n) is 6.69. The molecule has 2 aromatic carbocycles. The molecule has 0 saturated carbocycles. The molecular weight excluding hydrogens is 659 g/mol. The Labute approximate surface area is 273 Å². The van der Waals surface area contributed by atoms with Crippen molar-refractivity contribution in [1.29, 1.82) is 0 Å². The summed E-state index contributed by atoms with van der Waals surface area (Å²) < 4.78 is 84.1. The lowest BCUT2D eigenvalue weighted by molar-refractivity contribution is -0.120. The van der Waals surface area contributed by atoms with Crippen molar-refractivity contribution in [3.8, 4) is 0 Å². The fourth-order valence-corrected chi connectivity index (χ4v) is 7.73. The predicted octanol–water partition coefficient (Wildman–Crippen LogP) is 7.16. The van der Waals surface area contributed by atoms with Gasteiger partial charge in [-0.15, -0.1) is 0 Å². The van der Waals surface area contributed by atoms with Crippen LogP contribution in [-0.2, 0) is 52.2 Å². The van der Waals surface area contributed by atoms with Crippen molar-refractivity contribution in [2.75, 3.05) is 45.8 Å². The van der Waals surface area contributed by atoms with Gasteiger partial charge in [-0.2, -0.15) is 0 Å². The van der Waals surface area contributed by atoms with E-state index in [1.54, 1.807) is 52.1 Å². The molecule has 2 aromatic rings. The molecule has 1 amide bonds. The Kier molecular flexibility index (Phi) is 14.9. The van der Waals surface area contributed by atoms with Gasteiger partial charge in [-0.1, -0.05) is 6.07 Å². The van der Waals surface area contributed by atoms with Crippen LogP contribution in [0.2, 0.25) is 0 Å². The summed E-state index contributed by atoms with van der Waals surface area (Å²) in [6, 6.07) is 11.7. The minimum Gasteiger partial charge on any atom is -0.612 e. The van der Waals surface area contributed by atoms with Gasteiger partial charge in [0.25, 0.3) is 0 Å². The van der Waals surface area contributed by atoms with E-state index in [2.05, 4.69) is 5.32 Å². The maximum Gasteiger partial charge on any atom is 0.475 e. The van der Waals surface area contributed by atoms with E-state index >= 15 is 0 Å². The van der Waals surface area contributed by atoms with Gasteiger partial charge < -0.3 is 9.87 Å². The summed E-state index contributed by atoms with van der Waals surface area (Å²) in [6.45, 7) is 7.82. The van der Waals surface area contributed by atoms with Gasteiger partial charge in [0.15, 0.2) is 4.90 Å². The van der Waals surface area contributed by atoms with Gasteiger partial charge in [-0.25, -0.2) is 13.5 Å². The molecule has 1 aliphatic rings. The lowest BCUT2D eigenvalue weighted by Crippen LogP contribution is -2.36. The van der Waals surface area contributed by atoms with Crippen LogP contribution < -0.4 is 5.32 Å². The van der Waals surface area contributed by atoms with E-state index in [1.807, 2.05) is 25.1 Å². The van der Waals surface area contributed by atoms with Gasteiger partial charge in [-0.05, 0) is 122 Å². The second kappa shape index (κ2) is 17.8. The highest BCUT2D eigenvalue weighted by Crippen LogP contribution is 2.52. The van der Waals surface area contributed by atoms with Crippen molar-refractivity contribution in [2.24, 2.45) is 0 Å². The summed E-state index contributed by atoms with van der Waals surface area (Å²) in [5, 5.41) is 2.74. The molecule has 0 spiro atoms. The summed E-state index contributed by atoms with van der Waals surface area (Å²) in [6.07, 6.45) is 2.30. The van der Waals surface area contributed by atoms with Gasteiger partial charge >= 0.3 is 15.6 Å². The summed E-state index contributed by atoms with van der Waals surface area (Å²) in [5.74, 6) is -0.878. The van der Waals surface area contributed by atoms with E-state index in [1.165, 1.54) is 12.1 Å². The number of carbonyl (C=O) groups is 1. The molecule has 0 fully saturated rings. The molecule has 2 atom stereocenters. The number of phosphoric ester groups is 2. The zero-order chi connectivity index (χ0) is 33.9. The zero-order valence-electron chi connectivity index (χ0n) is 26.9. The van der Waals surface area contributed by atoms with E-state index in [9.17, 15) is 22.9 Å². The Balaban J connectivity index is 1.83. The van der Waals surface area contributed by atoms with Gasteiger partial charge in [0.05, 0.1) is 39.5 Å². The fraction of sp³-hybridized carbons (Fsp3) is 0.452. The molecule has 0 bridgehead atoms. The maximum absolute atomic E-state index is 14.4. The Bertz CT molecular complexity index is 1480. The SMILES string of the molecule is CCOP(=O)(OCC)OCC(CNC(=O)CC1=C(C)/C(=C/c2ccc([S+](C)[O-])cc2)c2ccc(F)cc21)OP(=O)(OCC)OCC. The highest BCUT2D eigenvalue weighted by Gasteiger charge is 2.34. The number of rotatable bonds is 19. The Morgan fingerprint density at radius 3 is 2.07 bits per heavy atom. The number of hydrogen-bond acceptors (Lipinski definition) is 10. The molecule has 0 heterocycles. The Hall–Kier alpha value is -2.15. The van der Waals surface area contributed by atoms with E-state index in [0.29, 0.717) is 16.0 Å². The van der Waals surface area contributed by atoms with Gasteiger partial charge in [0.1, 0.15) is 18.2 Å². The topological polar surface area (TPSA) is 142 Å². The quantitative estimate of drug-likeness (QED) is 0.118. The molecule has 0 aromatic heterocycles. The fourth-order valence-electron chi connectivity index (χ4n) is 4.68. The van der Waals surface area contributed by atoms with Gasteiger partial charge in [0.2, 0.25) is 5.91 Å². The monoisotopic (exact) mass is 701 g/mol. The molecule has 0 saturated heterocycles. The van der Waals surface area contributed by atoms with Crippen LogP contribution in [0.4, 0.5) is 4.39 Å². The van der Waals surface area contributed by atoms with Crippen LogP contribution in [0.5, 0.6) is 0 Å². The van der Waals surface area contributed by atoms with E-state index in [0.717, 1.165) is 22.3 Å². The number of nitrogens with one attached hydrogen (secondary N) is 1. The minimum atomic E-state index is -4.06. The van der Waals surface area contributed by atoms with Crippen molar-refractivity contribution in [3.63, 3.8) is 0 Å². The molecule has 15 heteroatoms. The molecule has 1 aliphatic carbocycles. The first kappa shape index (κ1) is 38.3. The molecule has 46 heavy (non-hydrogen) atoms. The lowest BCUT2D eigenvalue weighted by atomic mass is 10.0. The van der Waals surface area contributed by atoms with Crippen LogP contribution in [0.1, 0.15) is 57.7 Å². The van der Waals surface area contributed by atoms with Gasteiger partial charge in [-0.3, -0.25) is 31.9 Å². The number of hydrogen-bond donors (Lipinski definition) is 1. The normalized spacial score (nSPS) is 15.7. The lowest BCUT2D eigenvalue weighted by Gasteiger charge is -2.25. The highest BCUT2D eigenvalue weighted by atomic mass is 32.2. The second-order valence-electron chi connectivity index (χ2n) is 9.94. The van der Waals surface area contributed by atoms with Crippen LogP contribution in [0.15, 0.2) is 52.9 Å². The van der Waals surface area contributed by atoms with Gasteiger partial charge in [0, 0.05) is 6.54 Å². The number of amides is 1. The van der Waals surface area contributed by atoms with Crippen LogP contribution in [0.25, 0.3) is 17.2 Å².